The van der Waals surface area contributed by atoms with E-state index in [-0.39, 0.29) is 24.8 Å². The highest BCUT2D eigenvalue weighted by molar-refractivity contribution is 5.79. The number of hydrogen-bond acceptors (Lipinski definition) is 4. The van der Waals surface area contributed by atoms with Gasteiger partial charge in [-0.3, -0.25) is 14.8 Å². The van der Waals surface area contributed by atoms with Gasteiger partial charge in [0.2, 0.25) is 5.91 Å². The van der Waals surface area contributed by atoms with Crippen molar-refractivity contribution in [3.05, 3.63) is 24.3 Å². The van der Waals surface area contributed by atoms with Gasteiger partial charge in [0.25, 0.3) is 0 Å². The van der Waals surface area contributed by atoms with E-state index in [1.807, 2.05) is 11.1 Å². The Hall–Kier alpha value is -1.75. The van der Waals surface area contributed by atoms with Crippen LogP contribution in [0.15, 0.2) is 24.3 Å². The number of amides is 1. The average Bonchev–Trinajstić information content (AvgIpc) is 2.32. The van der Waals surface area contributed by atoms with E-state index < -0.39 is 0 Å². The van der Waals surface area contributed by atoms with Crippen molar-refractivity contribution in [3.63, 3.8) is 0 Å². The van der Waals surface area contributed by atoms with Crippen molar-refractivity contribution in [3.8, 4) is 5.75 Å². The van der Waals surface area contributed by atoms with Gasteiger partial charge in [0.15, 0.2) is 0 Å². The van der Waals surface area contributed by atoms with Gasteiger partial charge >= 0.3 is 0 Å². The molecule has 0 atom stereocenters. The van der Waals surface area contributed by atoms with Crippen LogP contribution in [-0.4, -0.2) is 40.8 Å². The molecule has 92 valence electrons. The summed E-state index contributed by atoms with van der Waals surface area (Å²) in [5.41, 5.74) is 0.770. The molecule has 1 aliphatic heterocycles. The third-order valence-corrected chi connectivity index (χ3v) is 2.78. The molecule has 1 amide bonds. The van der Waals surface area contributed by atoms with E-state index in [0.717, 1.165) is 18.7 Å². The Balaban J connectivity index is 2.24. The Bertz CT molecular complexity index is 408. The van der Waals surface area contributed by atoms with Crippen LogP contribution in [0.4, 0.5) is 5.69 Å². The molecule has 5 heteroatoms. The second-order valence-electron chi connectivity index (χ2n) is 3.99. The summed E-state index contributed by atoms with van der Waals surface area (Å²) < 4.78 is 0. The summed E-state index contributed by atoms with van der Waals surface area (Å²) in [6.45, 7) is 0.935. The smallest absolute Gasteiger partial charge is 0.241 e. The number of β-amino-alcohol motifs (C(OH)–C–C–N with tert-alkyl or cyclic N) is 1. The van der Waals surface area contributed by atoms with Crippen LogP contribution in [0, 0.1) is 0 Å². The zero-order chi connectivity index (χ0) is 12.3. The quantitative estimate of drug-likeness (QED) is 0.812. The van der Waals surface area contributed by atoms with E-state index in [0.29, 0.717) is 6.42 Å². The van der Waals surface area contributed by atoms with Gasteiger partial charge in [-0.1, -0.05) is 6.07 Å². The molecule has 1 aromatic rings. The Morgan fingerprint density at radius 2 is 2.18 bits per heavy atom. The number of carbonyl (C=O) groups excluding carboxylic acids is 1. The lowest BCUT2D eigenvalue weighted by Crippen LogP contribution is -2.51. The maximum absolute atomic E-state index is 11.8. The highest BCUT2D eigenvalue weighted by Crippen LogP contribution is 2.24. The fourth-order valence-electron chi connectivity index (χ4n) is 2.03. The topological polar surface area (TPSA) is 64.0 Å². The molecular formula is C12H16N2O3. The first-order valence-corrected chi connectivity index (χ1v) is 5.70. The molecule has 1 aliphatic rings. The van der Waals surface area contributed by atoms with Crippen LogP contribution in [0.1, 0.15) is 12.8 Å². The number of hydrazine groups is 1. The van der Waals surface area contributed by atoms with E-state index >= 15 is 0 Å². The van der Waals surface area contributed by atoms with Crippen molar-refractivity contribution < 1.29 is 15.0 Å². The first kappa shape index (κ1) is 11.7. The van der Waals surface area contributed by atoms with Crippen molar-refractivity contribution in [1.82, 2.24) is 5.01 Å². The summed E-state index contributed by atoms with van der Waals surface area (Å²) in [5, 5.41) is 21.8. The number of anilines is 1. The van der Waals surface area contributed by atoms with E-state index in [1.54, 1.807) is 18.2 Å². The fraction of sp³-hybridized carbons (Fsp3) is 0.417. The van der Waals surface area contributed by atoms with Crippen LogP contribution in [-0.2, 0) is 4.79 Å². The lowest BCUT2D eigenvalue weighted by atomic mass is 10.2. The number of phenolic OH excluding ortho intramolecular Hbond substituents is 1. The Labute approximate surface area is 99.9 Å². The maximum atomic E-state index is 11.8. The molecule has 0 bridgehead atoms. The minimum absolute atomic E-state index is 0.00800. The average molecular weight is 236 g/mol. The van der Waals surface area contributed by atoms with Crippen molar-refractivity contribution in [2.24, 2.45) is 0 Å². The number of nitrogens with zero attached hydrogens (tertiary/aromatic N) is 2. The minimum Gasteiger partial charge on any atom is -0.508 e. The largest absolute Gasteiger partial charge is 0.508 e. The summed E-state index contributed by atoms with van der Waals surface area (Å²) in [6.07, 6.45) is 1.30. The molecule has 1 fully saturated rings. The Morgan fingerprint density at radius 3 is 2.88 bits per heavy atom. The van der Waals surface area contributed by atoms with Gasteiger partial charge < -0.3 is 10.2 Å². The summed E-state index contributed by atoms with van der Waals surface area (Å²) in [6, 6.07) is 6.78. The lowest BCUT2D eigenvalue weighted by molar-refractivity contribution is -0.134. The molecule has 0 saturated carbocycles. The molecule has 17 heavy (non-hydrogen) atoms. The summed E-state index contributed by atoms with van der Waals surface area (Å²) in [7, 11) is 0. The second kappa shape index (κ2) is 5.05. The van der Waals surface area contributed by atoms with Gasteiger partial charge in [-0.15, -0.1) is 0 Å². The first-order chi connectivity index (χ1) is 8.22. The molecule has 0 unspecified atom stereocenters. The summed E-state index contributed by atoms with van der Waals surface area (Å²) >= 11 is 0. The van der Waals surface area contributed by atoms with E-state index in [2.05, 4.69) is 0 Å². The molecule has 0 radical (unpaired) electrons. The Kier molecular flexibility index (Phi) is 3.49. The Morgan fingerprint density at radius 1 is 1.35 bits per heavy atom. The normalized spacial score (nSPS) is 16.4. The number of rotatable bonds is 3. The predicted molar refractivity (Wildman–Crippen MR) is 63.5 cm³/mol. The molecular weight excluding hydrogens is 220 g/mol. The number of phenols is 1. The van der Waals surface area contributed by atoms with Gasteiger partial charge in [0.05, 0.1) is 18.8 Å². The number of benzene rings is 1. The van der Waals surface area contributed by atoms with Crippen LogP contribution < -0.4 is 5.01 Å². The van der Waals surface area contributed by atoms with Crippen LogP contribution >= 0.6 is 0 Å². The molecule has 0 aromatic heterocycles. The highest BCUT2D eigenvalue weighted by atomic mass is 16.3. The van der Waals surface area contributed by atoms with E-state index in [9.17, 15) is 9.90 Å². The number of aromatic hydroxyl groups is 1. The fourth-order valence-corrected chi connectivity index (χ4v) is 2.03. The van der Waals surface area contributed by atoms with Crippen LogP contribution in [0.5, 0.6) is 5.75 Å². The summed E-state index contributed by atoms with van der Waals surface area (Å²) in [5.74, 6) is 0.179. The van der Waals surface area contributed by atoms with Gasteiger partial charge in [-0.05, 0) is 18.6 Å². The summed E-state index contributed by atoms with van der Waals surface area (Å²) in [4.78, 5) is 11.8. The van der Waals surface area contributed by atoms with Gasteiger partial charge in [0, 0.05) is 19.0 Å². The van der Waals surface area contributed by atoms with Crippen molar-refractivity contribution in [1.29, 1.82) is 0 Å². The standard InChI is InChI=1S/C12H16N2O3/c15-8-7-14-12(17)5-2-6-13(14)10-3-1-4-11(16)9-10/h1,3-4,9,15-16H,2,5-8H2. The van der Waals surface area contributed by atoms with Crippen molar-refractivity contribution >= 4 is 11.6 Å². The van der Waals surface area contributed by atoms with Crippen molar-refractivity contribution in [2.45, 2.75) is 12.8 Å². The zero-order valence-corrected chi connectivity index (χ0v) is 9.54. The molecule has 2 N–H and O–H groups in total. The molecule has 1 aromatic carbocycles. The number of carbonyl (C=O) groups is 1. The van der Waals surface area contributed by atoms with Crippen LogP contribution in [0.2, 0.25) is 0 Å². The predicted octanol–water partition coefficient (Wildman–Crippen LogP) is 0.728. The zero-order valence-electron chi connectivity index (χ0n) is 9.54. The lowest BCUT2D eigenvalue weighted by Gasteiger charge is -2.39. The molecule has 1 heterocycles. The SMILES string of the molecule is O=C1CCCN(c2cccc(O)c2)N1CCO. The minimum atomic E-state index is -0.0684. The first-order valence-electron chi connectivity index (χ1n) is 5.70. The van der Waals surface area contributed by atoms with Crippen LogP contribution in [0.25, 0.3) is 0 Å². The van der Waals surface area contributed by atoms with Crippen LogP contribution in [0.3, 0.4) is 0 Å². The van der Waals surface area contributed by atoms with Gasteiger partial charge in [0.1, 0.15) is 5.75 Å². The monoisotopic (exact) mass is 236 g/mol. The second-order valence-corrected chi connectivity index (χ2v) is 3.99. The van der Waals surface area contributed by atoms with Gasteiger partial charge in [-0.2, -0.15) is 0 Å². The molecule has 5 nitrogen and oxygen atoms in total. The highest BCUT2D eigenvalue weighted by Gasteiger charge is 2.25. The number of hydrogen-bond donors (Lipinski definition) is 2. The number of aliphatic hydroxyl groups is 1. The van der Waals surface area contributed by atoms with E-state index in [1.165, 1.54) is 5.01 Å². The molecule has 1 saturated heterocycles. The molecule has 2 rings (SSSR count). The number of aliphatic hydroxyl groups excluding tert-OH is 1. The van der Waals surface area contributed by atoms with E-state index in [4.69, 9.17) is 5.11 Å². The third-order valence-electron chi connectivity index (χ3n) is 2.78. The molecule has 0 spiro atoms. The van der Waals surface area contributed by atoms with Crippen molar-refractivity contribution in [2.75, 3.05) is 24.7 Å². The third kappa shape index (κ3) is 2.50. The molecule has 0 aliphatic carbocycles. The van der Waals surface area contributed by atoms with Gasteiger partial charge in [-0.25, -0.2) is 0 Å². The maximum Gasteiger partial charge on any atom is 0.241 e.